The normalized spacial score (nSPS) is 14.4. The van der Waals surface area contributed by atoms with E-state index in [-0.39, 0.29) is 19.4 Å². The first-order valence-corrected chi connectivity index (χ1v) is 22.1. The number of carbonyl (C=O) groups excluding carboxylic acids is 2. The lowest BCUT2D eigenvalue weighted by Gasteiger charge is -2.20. The van der Waals surface area contributed by atoms with Gasteiger partial charge in [-0.3, -0.25) is 18.6 Å². The van der Waals surface area contributed by atoms with Gasteiger partial charge in [-0.05, 0) is 57.8 Å². The molecule has 0 saturated heterocycles. The van der Waals surface area contributed by atoms with E-state index in [1.54, 1.807) is 0 Å². The topological polar surface area (TPSA) is 149 Å². The van der Waals surface area contributed by atoms with E-state index in [0.29, 0.717) is 12.8 Å². The molecule has 0 aromatic heterocycles. The summed E-state index contributed by atoms with van der Waals surface area (Å²) in [7, 11) is -4.63. The molecule has 0 aromatic rings. The zero-order valence-electron chi connectivity index (χ0n) is 33.2. The van der Waals surface area contributed by atoms with Crippen LogP contribution in [0.2, 0.25) is 0 Å². The third-order valence-electron chi connectivity index (χ3n) is 8.48. The Bertz CT molecular complexity index is 1030. The SMILES string of the molecule is CC/C=C/C/C=C/C/C=C/CCCCCCCC(=O)OC[C@H](COP(=O)(O)OC[C@@H](O)CO)OC(=O)CC/C=C/CCCCCCCCCCCCC. The Labute approximate surface area is 322 Å². The number of aliphatic hydroxyl groups is 2. The summed E-state index contributed by atoms with van der Waals surface area (Å²) in [5, 5.41) is 18.3. The molecular weight excluding hydrogens is 695 g/mol. The van der Waals surface area contributed by atoms with Crippen LogP contribution in [0.15, 0.2) is 48.6 Å². The number of allylic oxidation sites excluding steroid dienone is 8. The van der Waals surface area contributed by atoms with Crippen LogP contribution in [-0.2, 0) is 32.7 Å². The summed E-state index contributed by atoms with van der Waals surface area (Å²) in [6.07, 6.45) is 39.5. The van der Waals surface area contributed by atoms with E-state index in [4.69, 9.17) is 19.1 Å². The van der Waals surface area contributed by atoms with Crippen LogP contribution in [0, 0.1) is 0 Å². The van der Waals surface area contributed by atoms with Crippen LogP contribution in [-0.4, -0.2) is 65.7 Å². The first-order chi connectivity index (χ1) is 25.7. The summed E-state index contributed by atoms with van der Waals surface area (Å²) in [4.78, 5) is 34.9. The Hall–Kier alpha value is -2.07. The van der Waals surface area contributed by atoms with Gasteiger partial charge in [0.05, 0.1) is 19.8 Å². The minimum Gasteiger partial charge on any atom is -0.462 e. The van der Waals surface area contributed by atoms with Crippen molar-refractivity contribution >= 4 is 19.8 Å². The van der Waals surface area contributed by atoms with Gasteiger partial charge >= 0.3 is 19.8 Å². The number of rotatable bonds is 38. The number of esters is 2. The van der Waals surface area contributed by atoms with Gasteiger partial charge in [-0.15, -0.1) is 0 Å². The second kappa shape index (κ2) is 38.2. The maximum Gasteiger partial charge on any atom is 0.472 e. The van der Waals surface area contributed by atoms with Crippen molar-refractivity contribution < 1.29 is 47.8 Å². The van der Waals surface area contributed by atoms with Crippen molar-refractivity contribution in [1.29, 1.82) is 0 Å². The molecule has 0 heterocycles. The molecule has 0 aliphatic rings. The molecule has 53 heavy (non-hydrogen) atoms. The smallest absolute Gasteiger partial charge is 0.462 e. The average Bonchev–Trinajstić information content (AvgIpc) is 3.14. The van der Waals surface area contributed by atoms with Gasteiger partial charge in [-0.1, -0.05) is 146 Å². The highest BCUT2D eigenvalue weighted by Crippen LogP contribution is 2.43. The van der Waals surface area contributed by atoms with Gasteiger partial charge in [0.25, 0.3) is 0 Å². The van der Waals surface area contributed by atoms with Crippen LogP contribution in [0.5, 0.6) is 0 Å². The largest absolute Gasteiger partial charge is 0.472 e. The van der Waals surface area contributed by atoms with E-state index in [0.717, 1.165) is 64.2 Å². The molecule has 3 N–H and O–H groups in total. The molecule has 0 radical (unpaired) electrons. The molecular formula is C42H75O10P. The minimum atomic E-state index is -4.63. The summed E-state index contributed by atoms with van der Waals surface area (Å²) < 4.78 is 32.6. The maximum absolute atomic E-state index is 12.6. The Morgan fingerprint density at radius 1 is 0.585 bits per heavy atom. The first kappa shape index (κ1) is 50.9. The molecule has 0 spiro atoms. The molecule has 3 atom stereocenters. The number of phosphoric ester groups is 1. The van der Waals surface area contributed by atoms with Gasteiger partial charge in [-0.25, -0.2) is 4.57 Å². The summed E-state index contributed by atoms with van der Waals surface area (Å²) in [6.45, 7) is 2.20. The average molecular weight is 771 g/mol. The van der Waals surface area contributed by atoms with Crippen molar-refractivity contribution in [2.45, 2.75) is 180 Å². The zero-order chi connectivity index (χ0) is 39.1. The minimum absolute atomic E-state index is 0.0962. The highest BCUT2D eigenvalue weighted by atomic mass is 31.2. The highest BCUT2D eigenvalue weighted by Gasteiger charge is 2.27. The van der Waals surface area contributed by atoms with Gasteiger partial charge in [0.1, 0.15) is 12.7 Å². The molecule has 0 aliphatic heterocycles. The lowest BCUT2D eigenvalue weighted by Crippen LogP contribution is -2.29. The van der Waals surface area contributed by atoms with Crippen LogP contribution in [0.3, 0.4) is 0 Å². The fraction of sp³-hybridized carbons (Fsp3) is 0.762. The van der Waals surface area contributed by atoms with Gasteiger partial charge in [-0.2, -0.15) is 0 Å². The zero-order valence-corrected chi connectivity index (χ0v) is 34.1. The highest BCUT2D eigenvalue weighted by molar-refractivity contribution is 7.47. The fourth-order valence-electron chi connectivity index (χ4n) is 5.32. The molecule has 10 nitrogen and oxygen atoms in total. The summed E-state index contributed by atoms with van der Waals surface area (Å²) in [5.74, 6) is -1.00. The Balaban J connectivity index is 4.39. The number of phosphoric acid groups is 1. The van der Waals surface area contributed by atoms with Gasteiger partial charge in [0, 0.05) is 12.8 Å². The molecule has 308 valence electrons. The van der Waals surface area contributed by atoms with Crippen molar-refractivity contribution in [3.05, 3.63) is 48.6 Å². The second-order valence-corrected chi connectivity index (χ2v) is 15.1. The monoisotopic (exact) mass is 771 g/mol. The van der Waals surface area contributed by atoms with E-state index >= 15 is 0 Å². The number of hydrogen-bond acceptors (Lipinski definition) is 9. The Kier molecular flexibility index (Phi) is 36.7. The molecule has 0 saturated carbocycles. The maximum atomic E-state index is 12.6. The second-order valence-electron chi connectivity index (χ2n) is 13.6. The summed E-state index contributed by atoms with van der Waals surface area (Å²) in [5.41, 5.74) is 0. The van der Waals surface area contributed by atoms with E-state index in [2.05, 4.69) is 60.9 Å². The molecule has 0 aromatic carbocycles. The summed E-state index contributed by atoms with van der Waals surface area (Å²) >= 11 is 0. The fourth-order valence-corrected chi connectivity index (χ4v) is 6.11. The predicted octanol–water partition coefficient (Wildman–Crippen LogP) is 10.6. The molecule has 11 heteroatoms. The standard InChI is InChI=1S/C42H75O10P/c1-3-5-7-9-11-13-15-17-19-21-23-25-27-29-31-33-41(45)49-37-40(38-51-53(47,48)50-36-39(44)35-43)52-42(46)34-32-30-28-26-24-22-20-18-16-14-12-10-8-6-4-2/h5,7,11,13,17,19,28,30,39-40,43-44H,3-4,6,8-10,12,14-16,18,20-27,29,31-38H2,1-2H3,(H,47,48)/b7-5+,13-11+,19-17+,30-28+/t39-,40+/m0/s1. The molecule has 0 rings (SSSR count). The third-order valence-corrected chi connectivity index (χ3v) is 9.43. The van der Waals surface area contributed by atoms with Crippen molar-refractivity contribution in [2.75, 3.05) is 26.4 Å². The molecule has 1 unspecified atom stereocenters. The van der Waals surface area contributed by atoms with Gasteiger partial charge < -0.3 is 24.6 Å². The van der Waals surface area contributed by atoms with Crippen molar-refractivity contribution in [3.63, 3.8) is 0 Å². The van der Waals surface area contributed by atoms with Crippen molar-refractivity contribution in [1.82, 2.24) is 0 Å². The van der Waals surface area contributed by atoms with Crippen LogP contribution in [0.4, 0.5) is 0 Å². The van der Waals surface area contributed by atoms with E-state index in [1.807, 2.05) is 6.08 Å². The van der Waals surface area contributed by atoms with Crippen molar-refractivity contribution in [3.8, 4) is 0 Å². The lowest BCUT2D eigenvalue weighted by atomic mass is 10.1. The molecule has 0 bridgehead atoms. The number of unbranched alkanes of at least 4 members (excludes halogenated alkanes) is 16. The lowest BCUT2D eigenvalue weighted by molar-refractivity contribution is -0.161. The van der Waals surface area contributed by atoms with Crippen LogP contribution in [0.25, 0.3) is 0 Å². The number of aliphatic hydroxyl groups excluding tert-OH is 2. The van der Waals surface area contributed by atoms with Crippen molar-refractivity contribution in [2.24, 2.45) is 0 Å². The molecule has 0 fully saturated rings. The summed E-state index contributed by atoms with van der Waals surface area (Å²) in [6, 6.07) is 0. The first-order valence-electron chi connectivity index (χ1n) is 20.6. The number of hydrogen-bond donors (Lipinski definition) is 3. The van der Waals surface area contributed by atoms with Crippen LogP contribution >= 0.6 is 7.82 Å². The van der Waals surface area contributed by atoms with E-state index in [1.165, 1.54) is 64.2 Å². The third kappa shape index (κ3) is 38.0. The number of ether oxygens (including phenoxy) is 2. The predicted molar refractivity (Wildman–Crippen MR) is 214 cm³/mol. The number of carbonyl (C=O) groups is 2. The molecule has 0 amide bonds. The van der Waals surface area contributed by atoms with E-state index < -0.39 is 51.8 Å². The quantitative estimate of drug-likeness (QED) is 0.0240. The Morgan fingerprint density at radius 3 is 1.66 bits per heavy atom. The van der Waals surface area contributed by atoms with Crippen LogP contribution in [0.1, 0.15) is 168 Å². The van der Waals surface area contributed by atoms with Gasteiger partial charge in [0.15, 0.2) is 6.10 Å². The Morgan fingerprint density at radius 2 is 1.08 bits per heavy atom. The van der Waals surface area contributed by atoms with Crippen LogP contribution < -0.4 is 0 Å². The molecule has 0 aliphatic carbocycles. The van der Waals surface area contributed by atoms with Gasteiger partial charge in [0.2, 0.25) is 0 Å². The van der Waals surface area contributed by atoms with E-state index in [9.17, 15) is 24.2 Å².